The van der Waals surface area contributed by atoms with Crippen LogP contribution in [0.5, 0.6) is 0 Å². The molecule has 0 amide bonds. The second-order valence-electron chi connectivity index (χ2n) is 5.72. The summed E-state index contributed by atoms with van der Waals surface area (Å²) >= 11 is 0. The van der Waals surface area contributed by atoms with Gasteiger partial charge in [-0.3, -0.25) is 0 Å². The lowest BCUT2D eigenvalue weighted by molar-refractivity contribution is 0.248. The summed E-state index contributed by atoms with van der Waals surface area (Å²) < 4.78 is 29.5. The Hall–Kier alpha value is -0.890. The van der Waals surface area contributed by atoms with Crippen molar-refractivity contribution >= 4 is 10.0 Å². The molecule has 2 heterocycles. The third kappa shape index (κ3) is 4.06. The van der Waals surface area contributed by atoms with Gasteiger partial charge in [-0.2, -0.15) is 0 Å². The van der Waals surface area contributed by atoms with Crippen molar-refractivity contribution in [3.8, 4) is 0 Å². The van der Waals surface area contributed by atoms with E-state index in [-0.39, 0.29) is 17.5 Å². The van der Waals surface area contributed by atoms with E-state index in [9.17, 15) is 13.5 Å². The number of sulfonamides is 1. The third-order valence-electron chi connectivity index (χ3n) is 3.94. The van der Waals surface area contributed by atoms with Gasteiger partial charge in [0.2, 0.25) is 10.0 Å². The number of aromatic nitrogens is 1. The van der Waals surface area contributed by atoms with Gasteiger partial charge >= 0.3 is 0 Å². The van der Waals surface area contributed by atoms with Crippen molar-refractivity contribution in [3.05, 3.63) is 18.0 Å². The van der Waals surface area contributed by atoms with E-state index in [0.717, 1.165) is 32.4 Å². The lowest BCUT2D eigenvalue weighted by Crippen LogP contribution is -2.43. The molecule has 0 radical (unpaired) electrons. The number of hydrogen-bond donors (Lipinski definition) is 2. The maximum atomic E-state index is 12.4. The zero-order valence-electron chi connectivity index (χ0n) is 12.7. The minimum Gasteiger partial charge on any atom is -0.390 e. The van der Waals surface area contributed by atoms with Crippen LogP contribution in [0.1, 0.15) is 31.9 Å². The van der Waals surface area contributed by atoms with Crippen LogP contribution in [0.3, 0.4) is 0 Å². The SMILES string of the molecule is CCCn1cc(S(=O)(=O)NC2CCN(C)CC2)cc1CO. The summed E-state index contributed by atoms with van der Waals surface area (Å²) in [6.45, 7) is 4.40. The standard InChI is InChI=1S/C14H25N3O3S/c1-3-6-17-10-14(9-13(17)11-18)21(19,20)15-12-4-7-16(2)8-5-12/h9-10,12,15,18H,3-8,11H2,1-2H3. The van der Waals surface area contributed by atoms with Gasteiger partial charge in [-0.15, -0.1) is 0 Å². The molecule has 0 bridgehead atoms. The zero-order chi connectivity index (χ0) is 15.5. The van der Waals surface area contributed by atoms with Gasteiger partial charge in [0, 0.05) is 24.5 Å². The summed E-state index contributed by atoms with van der Waals surface area (Å²) in [5.41, 5.74) is 0.639. The first-order valence-corrected chi connectivity index (χ1v) is 8.95. The molecule has 1 aromatic rings. The first-order chi connectivity index (χ1) is 9.96. The summed E-state index contributed by atoms with van der Waals surface area (Å²) in [6, 6.07) is 1.56. The number of aliphatic hydroxyl groups is 1. The predicted molar refractivity (Wildman–Crippen MR) is 81.5 cm³/mol. The van der Waals surface area contributed by atoms with E-state index in [1.807, 2.05) is 18.5 Å². The molecule has 2 N–H and O–H groups in total. The van der Waals surface area contributed by atoms with Gasteiger partial charge in [-0.25, -0.2) is 13.1 Å². The van der Waals surface area contributed by atoms with Crippen LogP contribution in [-0.4, -0.2) is 49.2 Å². The quantitative estimate of drug-likeness (QED) is 0.813. The monoisotopic (exact) mass is 315 g/mol. The van der Waals surface area contributed by atoms with Gasteiger partial charge in [-0.1, -0.05) is 6.92 Å². The molecule has 1 aromatic heterocycles. The molecule has 2 rings (SSSR count). The fraction of sp³-hybridized carbons (Fsp3) is 0.714. The second kappa shape index (κ2) is 6.91. The summed E-state index contributed by atoms with van der Waals surface area (Å²) in [6.07, 6.45) is 4.17. The number of likely N-dealkylation sites (tertiary alicyclic amines) is 1. The Kier molecular flexibility index (Phi) is 5.43. The Morgan fingerprint density at radius 2 is 2.05 bits per heavy atom. The average Bonchev–Trinajstić information content (AvgIpc) is 2.86. The number of aliphatic hydroxyl groups excluding tert-OH is 1. The molecule has 0 aliphatic carbocycles. The predicted octanol–water partition coefficient (Wildman–Crippen LogP) is 0.763. The lowest BCUT2D eigenvalue weighted by Gasteiger charge is -2.29. The molecule has 1 aliphatic rings. The first-order valence-electron chi connectivity index (χ1n) is 7.47. The molecule has 1 aliphatic heterocycles. The van der Waals surface area contributed by atoms with Crippen molar-refractivity contribution in [2.75, 3.05) is 20.1 Å². The minimum absolute atomic E-state index is 0.00157. The van der Waals surface area contributed by atoms with Crippen molar-refractivity contribution in [1.82, 2.24) is 14.2 Å². The van der Waals surface area contributed by atoms with Crippen molar-refractivity contribution in [1.29, 1.82) is 0 Å². The number of piperidine rings is 1. The van der Waals surface area contributed by atoms with Crippen molar-refractivity contribution < 1.29 is 13.5 Å². The van der Waals surface area contributed by atoms with Crippen LogP contribution in [0.2, 0.25) is 0 Å². The lowest BCUT2D eigenvalue weighted by atomic mass is 10.1. The van der Waals surface area contributed by atoms with Crippen LogP contribution in [-0.2, 0) is 23.2 Å². The van der Waals surface area contributed by atoms with Crippen molar-refractivity contribution in [3.63, 3.8) is 0 Å². The Morgan fingerprint density at radius 3 is 2.62 bits per heavy atom. The Balaban J connectivity index is 2.12. The highest BCUT2D eigenvalue weighted by Gasteiger charge is 2.24. The molecule has 1 saturated heterocycles. The fourth-order valence-electron chi connectivity index (χ4n) is 2.67. The minimum atomic E-state index is -3.51. The molecule has 6 nitrogen and oxygen atoms in total. The van der Waals surface area contributed by atoms with Gasteiger partial charge in [0.25, 0.3) is 0 Å². The molecule has 0 unspecified atom stereocenters. The van der Waals surface area contributed by atoms with E-state index in [1.165, 1.54) is 0 Å². The number of nitrogens with zero attached hydrogens (tertiary/aromatic N) is 2. The van der Waals surface area contributed by atoms with Crippen LogP contribution in [0.15, 0.2) is 17.2 Å². The Bertz CT molecular complexity index is 560. The van der Waals surface area contributed by atoms with Crippen LogP contribution >= 0.6 is 0 Å². The van der Waals surface area contributed by atoms with Gasteiger partial charge in [-0.05, 0) is 45.5 Å². The van der Waals surface area contributed by atoms with E-state index < -0.39 is 10.0 Å². The van der Waals surface area contributed by atoms with Gasteiger partial charge < -0.3 is 14.6 Å². The average molecular weight is 315 g/mol. The summed E-state index contributed by atoms with van der Waals surface area (Å²) in [7, 11) is -1.46. The normalized spacial score (nSPS) is 18.2. The molecule has 0 saturated carbocycles. The van der Waals surface area contributed by atoms with E-state index >= 15 is 0 Å². The van der Waals surface area contributed by atoms with E-state index in [0.29, 0.717) is 12.2 Å². The smallest absolute Gasteiger partial charge is 0.242 e. The molecule has 0 spiro atoms. The molecule has 7 heteroatoms. The van der Waals surface area contributed by atoms with Crippen LogP contribution in [0.4, 0.5) is 0 Å². The highest BCUT2D eigenvalue weighted by Crippen LogP contribution is 2.18. The molecule has 1 fully saturated rings. The van der Waals surface area contributed by atoms with Crippen LogP contribution in [0, 0.1) is 0 Å². The first kappa shape index (κ1) is 16.5. The van der Waals surface area contributed by atoms with E-state index in [2.05, 4.69) is 9.62 Å². The Morgan fingerprint density at radius 1 is 1.38 bits per heavy atom. The molecular weight excluding hydrogens is 290 g/mol. The third-order valence-corrected chi connectivity index (χ3v) is 5.43. The maximum Gasteiger partial charge on any atom is 0.242 e. The topological polar surface area (TPSA) is 74.6 Å². The Labute approximate surface area is 126 Å². The second-order valence-corrected chi connectivity index (χ2v) is 7.43. The molecule has 120 valence electrons. The van der Waals surface area contributed by atoms with E-state index in [1.54, 1.807) is 12.3 Å². The maximum absolute atomic E-state index is 12.4. The highest BCUT2D eigenvalue weighted by molar-refractivity contribution is 7.89. The molecule has 21 heavy (non-hydrogen) atoms. The van der Waals surface area contributed by atoms with E-state index in [4.69, 9.17) is 0 Å². The molecule has 0 atom stereocenters. The van der Waals surface area contributed by atoms with Gasteiger partial charge in [0.15, 0.2) is 0 Å². The number of nitrogens with one attached hydrogen (secondary N) is 1. The largest absolute Gasteiger partial charge is 0.390 e. The molecular formula is C14H25N3O3S. The summed E-state index contributed by atoms with van der Waals surface area (Å²) in [5.74, 6) is 0. The molecule has 0 aromatic carbocycles. The zero-order valence-corrected chi connectivity index (χ0v) is 13.6. The highest BCUT2D eigenvalue weighted by atomic mass is 32.2. The van der Waals surface area contributed by atoms with Gasteiger partial charge in [0.1, 0.15) is 0 Å². The van der Waals surface area contributed by atoms with Gasteiger partial charge in [0.05, 0.1) is 11.5 Å². The van der Waals surface area contributed by atoms with Crippen molar-refractivity contribution in [2.24, 2.45) is 0 Å². The van der Waals surface area contributed by atoms with Crippen molar-refractivity contribution in [2.45, 2.75) is 50.3 Å². The number of aryl methyl sites for hydroxylation is 1. The summed E-state index contributed by atoms with van der Waals surface area (Å²) in [5, 5.41) is 9.33. The van der Waals surface area contributed by atoms with Crippen LogP contribution < -0.4 is 4.72 Å². The summed E-state index contributed by atoms with van der Waals surface area (Å²) in [4.78, 5) is 2.45. The number of hydrogen-bond acceptors (Lipinski definition) is 4. The number of rotatable bonds is 6. The fourth-order valence-corrected chi connectivity index (χ4v) is 4.04. The van der Waals surface area contributed by atoms with Crippen LogP contribution in [0.25, 0.3) is 0 Å².